The predicted molar refractivity (Wildman–Crippen MR) is 258 cm³/mol. The maximum absolute atomic E-state index is 14.3. The van der Waals surface area contributed by atoms with Gasteiger partial charge >= 0.3 is 0 Å². The van der Waals surface area contributed by atoms with E-state index in [4.69, 9.17) is 33.4 Å². The summed E-state index contributed by atoms with van der Waals surface area (Å²) in [6.45, 7) is 5.61. The number of rotatable bonds is 19. The molecule has 0 saturated carbocycles. The minimum absolute atomic E-state index is 0.0755. The molecule has 1 fully saturated rings. The molecule has 1 aliphatic rings. The van der Waals surface area contributed by atoms with Crippen LogP contribution in [0.3, 0.4) is 0 Å². The molecule has 1 heterocycles. The van der Waals surface area contributed by atoms with Crippen LogP contribution in [-0.4, -0.2) is 177 Å². The van der Waals surface area contributed by atoms with Crippen molar-refractivity contribution in [2.24, 2.45) is 34.6 Å². The molecule has 1 saturated heterocycles. The fraction of sp³-hybridized carbons (Fsp3) is 0.667. The highest BCUT2D eigenvalue weighted by Gasteiger charge is 2.37. The van der Waals surface area contributed by atoms with Crippen LogP contribution in [0.5, 0.6) is 0 Å². The Morgan fingerprint density at radius 1 is 0.700 bits per heavy atom. The number of hydrogen-bond acceptors (Lipinski definition) is 16. The molecule has 19 N–H and O–H groups in total. The molecular weight excluding hydrogens is 913 g/mol. The molecule has 25 heteroatoms. The third-order valence-electron chi connectivity index (χ3n) is 11.7. The fourth-order valence-corrected chi connectivity index (χ4v) is 7.47. The molecule has 0 spiro atoms. The van der Waals surface area contributed by atoms with Gasteiger partial charge in [0.25, 0.3) is 0 Å². The van der Waals surface area contributed by atoms with Gasteiger partial charge in [-0.25, -0.2) is 0 Å². The molecule has 25 nitrogen and oxygen atoms in total. The number of carbonyl (C=O) groups is 9. The quantitative estimate of drug-likeness (QED) is 0.0614. The smallest absolute Gasteiger partial charge is 0.245 e. The van der Waals surface area contributed by atoms with Gasteiger partial charge in [0, 0.05) is 27.1 Å². The van der Waals surface area contributed by atoms with E-state index in [9.17, 15) is 48.3 Å². The molecule has 11 atom stereocenters. The molecule has 1 aliphatic heterocycles. The lowest BCUT2D eigenvalue weighted by Crippen LogP contribution is -2.61. The van der Waals surface area contributed by atoms with E-state index in [1.807, 2.05) is 0 Å². The topological polar surface area (TPSA) is 413 Å². The van der Waals surface area contributed by atoms with E-state index >= 15 is 0 Å². The third-order valence-corrected chi connectivity index (χ3v) is 11.7. The fourth-order valence-electron chi connectivity index (χ4n) is 7.47. The van der Waals surface area contributed by atoms with Gasteiger partial charge < -0.3 is 85.9 Å². The number of likely N-dealkylation sites (N-methyl/N-ethyl adjacent to an activating group) is 1. The molecule has 11 unspecified atom stereocenters. The van der Waals surface area contributed by atoms with Crippen LogP contribution in [0.2, 0.25) is 0 Å². The molecule has 0 aromatic heterocycles. The monoisotopic (exact) mass is 991 g/mol. The molecule has 0 radical (unpaired) electrons. The Morgan fingerprint density at radius 2 is 1.17 bits per heavy atom. The van der Waals surface area contributed by atoms with Crippen molar-refractivity contribution in [1.29, 1.82) is 0 Å². The summed E-state index contributed by atoms with van der Waals surface area (Å²) < 4.78 is 5.20. The van der Waals surface area contributed by atoms with Crippen molar-refractivity contribution in [3.05, 3.63) is 35.9 Å². The lowest BCUT2D eigenvalue weighted by Gasteiger charge is -2.32. The molecule has 1 aromatic carbocycles. The number of benzene rings is 1. The Balaban J connectivity index is 2.77. The van der Waals surface area contributed by atoms with Crippen molar-refractivity contribution < 1.29 is 53.0 Å². The van der Waals surface area contributed by atoms with Crippen LogP contribution in [0.4, 0.5) is 0 Å². The van der Waals surface area contributed by atoms with E-state index in [0.717, 1.165) is 4.90 Å². The van der Waals surface area contributed by atoms with E-state index in [2.05, 4.69) is 42.5 Å². The molecular formula is C45H78N14O11. The van der Waals surface area contributed by atoms with Gasteiger partial charge in [-0.3, -0.25) is 43.2 Å². The van der Waals surface area contributed by atoms with E-state index in [1.54, 1.807) is 51.1 Å². The first-order valence-electron chi connectivity index (χ1n) is 23.6. The molecule has 1 aromatic rings. The van der Waals surface area contributed by atoms with Gasteiger partial charge in [-0.15, -0.1) is 0 Å². The van der Waals surface area contributed by atoms with Crippen LogP contribution in [0, 0.1) is 5.92 Å². The van der Waals surface area contributed by atoms with Gasteiger partial charge in [-0.05, 0) is 90.0 Å². The summed E-state index contributed by atoms with van der Waals surface area (Å²) in [5, 5.41) is 31.4. The SMILES string of the molecule is COC(C)C(N)C(=O)N(C)C(CCN)C(=O)NC1CCNC(=O)C(C(C)O)NC(=O)C(CCN)NC(=O)C(CCN)NC(=O)C(CC(C)C)NC(=O)C(Cc2ccccc2)NC(=O)C(CCN)NC1=O. The lowest BCUT2D eigenvalue weighted by atomic mass is 10.00. The van der Waals surface area contributed by atoms with Gasteiger partial charge in [0.1, 0.15) is 54.4 Å². The van der Waals surface area contributed by atoms with Crippen LogP contribution in [0.15, 0.2) is 30.3 Å². The Bertz CT molecular complexity index is 1890. The average Bonchev–Trinajstić information content (AvgIpc) is 3.32. The number of ether oxygens (including phenoxy) is 1. The minimum atomic E-state index is -1.62. The summed E-state index contributed by atoms with van der Waals surface area (Å²) in [5.74, 6) is -7.73. The van der Waals surface area contributed by atoms with E-state index in [0.29, 0.717) is 5.56 Å². The average molecular weight is 991 g/mol. The number of nitrogens with two attached hydrogens (primary N) is 5. The summed E-state index contributed by atoms with van der Waals surface area (Å²) in [6, 6.07) is -3.66. The molecule has 9 amide bonds. The second-order valence-corrected chi connectivity index (χ2v) is 17.7. The lowest BCUT2D eigenvalue weighted by molar-refractivity contribution is -0.143. The number of amides is 9. The van der Waals surface area contributed by atoms with E-state index in [1.165, 1.54) is 21.1 Å². The van der Waals surface area contributed by atoms with Crippen molar-refractivity contribution >= 4 is 53.2 Å². The van der Waals surface area contributed by atoms with Crippen LogP contribution < -0.4 is 71.2 Å². The number of aliphatic hydroxyl groups excluding tert-OH is 1. The van der Waals surface area contributed by atoms with Gasteiger partial charge in [0.15, 0.2) is 0 Å². The molecule has 0 aliphatic carbocycles. The van der Waals surface area contributed by atoms with Crippen LogP contribution >= 0.6 is 0 Å². The predicted octanol–water partition coefficient (Wildman–Crippen LogP) is -5.85. The largest absolute Gasteiger partial charge is 0.391 e. The third kappa shape index (κ3) is 19.2. The number of carbonyl (C=O) groups excluding carboxylic acids is 9. The Hall–Kier alpha value is -5.83. The standard InChI is InChI=1S/C45H78N14O11/c1-24(2)22-32-41(65)54-28(12-17-46)37(61)53-30(14-19-48)40(64)58-36(25(3)60)44(68)51-21-16-31(55-43(67)34(15-20-49)59(5)45(69)35(50)26(4)70-6)39(63)52-29(13-18-47)38(62)57-33(42(66)56-32)23-27-10-8-7-9-11-27/h7-11,24-26,28-36,60H,12-23,46-50H2,1-6H3,(H,51,68)(H,52,63)(H,53,61)(H,54,65)(H,55,67)(H,56,66)(H,57,62)(H,58,64). The number of methoxy groups -OCH3 is 1. The number of nitrogens with zero attached hydrogens (tertiary/aromatic N) is 1. The zero-order chi connectivity index (χ0) is 52.7. The first-order chi connectivity index (χ1) is 33.1. The van der Waals surface area contributed by atoms with Crippen LogP contribution in [-0.2, 0) is 54.3 Å². The van der Waals surface area contributed by atoms with Gasteiger partial charge in [-0.1, -0.05) is 44.2 Å². The van der Waals surface area contributed by atoms with Crippen molar-refractivity contribution in [3.8, 4) is 0 Å². The number of aliphatic hydroxyl groups is 1. The minimum Gasteiger partial charge on any atom is -0.391 e. The highest BCUT2D eigenvalue weighted by atomic mass is 16.5. The summed E-state index contributed by atoms with van der Waals surface area (Å²) >= 11 is 0. The highest BCUT2D eigenvalue weighted by Crippen LogP contribution is 2.12. The normalized spacial score (nSPS) is 24.5. The second-order valence-electron chi connectivity index (χ2n) is 17.7. The zero-order valence-corrected chi connectivity index (χ0v) is 41.2. The maximum atomic E-state index is 14.3. The molecule has 394 valence electrons. The van der Waals surface area contributed by atoms with Crippen molar-refractivity contribution in [3.63, 3.8) is 0 Å². The first kappa shape index (κ1) is 60.3. The van der Waals surface area contributed by atoms with Crippen molar-refractivity contribution in [2.45, 2.75) is 139 Å². The summed E-state index contributed by atoms with van der Waals surface area (Å²) in [6.07, 6.45) is -3.08. The van der Waals surface area contributed by atoms with E-state index < -0.39 is 120 Å². The Morgan fingerprint density at radius 3 is 1.66 bits per heavy atom. The first-order valence-corrected chi connectivity index (χ1v) is 23.6. The summed E-state index contributed by atoms with van der Waals surface area (Å²) in [4.78, 5) is 127. The van der Waals surface area contributed by atoms with Gasteiger partial charge in [0.2, 0.25) is 53.2 Å². The molecule has 2 rings (SSSR count). The summed E-state index contributed by atoms with van der Waals surface area (Å²) in [5.41, 5.74) is 30.2. The van der Waals surface area contributed by atoms with Gasteiger partial charge in [-0.2, -0.15) is 0 Å². The van der Waals surface area contributed by atoms with Gasteiger partial charge in [0.05, 0.1) is 12.2 Å². The Labute approximate surface area is 409 Å². The summed E-state index contributed by atoms with van der Waals surface area (Å²) in [7, 11) is 2.69. The number of nitrogens with one attached hydrogen (secondary N) is 8. The van der Waals surface area contributed by atoms with Crippen molar-refractivity contribution in [2.75, 3.05) is 46.9 Å². The second kappa shape index (κ2) is 30.7. The number of hydrogen-bond donors (Lipinski definition) is 14. The van der Waals surface area contributed by atoms with E-state index in [-0.39, 0.29) is 83.6 Å². The zero-order valence-electron chi connectivity index (χ0n) is 41.2. The molecule has 0 bridgehead atoms. The van der Waals surface area contributed by atoms with Crippen LogP contribution in [0.1, 0.15) is 71.8 Å². The Kier molecular flexibility index (Phi) is 26.4. The van der Waals surface area contributed by atoms with Crippen LogP contribution in [0.25, 0.3) is 0 Å². The van der Waals surface area contributed by atoms with Crippen molar-refractivity contribution in [1.82, 2.24) is 47.4 Å². The highest BCUT2D eigenvalue weighted by molar-refractivity contribution is 5.98. The molecule has 70 heavy (non-hydrogen) atoms. The maximum Gasteiger partial charge on any atom is 0.245 e.